The van der Waals surface area contributed by atoms with E-state index in [0.29, 0.717) is 5.75 Å². The van der Waals surface area contributed by atoms with Crippen LogP contribution in [0.1, 0.15) is 48.3 Å². The minimum atomic E-state index is 0.262. The first-order chi connectivity index (χ1) is 11.2. The van der Waals surface area contributed by atoms with Crippen LogP contribution in [0.3, 0.4) is 0 Å². The van der Waals surface area contributed by atoms with Gasteiger partial charge < -0.3 is 10.0 Å². The second kappa shape index (κ2) is 7.65. The SMILES string of the molecule is Cc1ccc(O)c(C(CCN2CCCCC2)c2ccccc2)c1. The first-order valence-electron chi connectivity index (χ1n) is 8.81. The van der Waals surface area contributed by atoms with Gasteiger partial charge in [0.25, 0.3) is 0 Å². The van der Waals surface area contributed by atoms with Crippen molar-refractivity contribution in [1.82, 2.24) is 4.90 Å². The number of rotatable bonds is 5. The maximum Gasteiger partial charge on any atom is 0.119 e. The number of hydrogen-bond acceptors (Lipinski definition) is 2. The van der Waals surface area contributed by atoms with Crippen molar-refractivity contribution in [3.8, 4) is 5.75 Å². The van der Waals surface area contributed by atoms with Gasteiger partial charge in [-0.2, -0.15) is 0 Å². The summed E-state index contributed by atoms with van der Waals surface area (Å²) in [4.78, 5) is 2.58. The number of nitrogens with zero attached hydrogens (tertiary/aromatic N) is 1. The van der Waals surface area contributed by atoms with Crippen LogP contribution in [0, 0.1) is 6.92 Å². The van der Waals surface area contributed by atoms with Crippen LogP contribution in [0.2, 0.25) is 0 Å². The van der Waals surface area contributed by atoms with Crippen molar-refractivity contribution in [3.63, 3.8) is 0 Å². The van der Waals surface area contributed by atoms with Crippen molar-refractivity contribution in [1.29, 1.82) is 0 Å². The lowest BCUT2D eigenvalue weighted by Crippen LogP contribution is -2.31. The third kappa shape index (κ3) is 4.14. The normalized spacial score (nSPS) is 17.1. The molecule has 0 bridgehead atoms. The van der Waals surface area contributed by atoms with E-state index in [0.717, 1.165) is 18.5 Å². The van der Waals surface area contributed by atoms with Crippen molar-refractivity contribution in [2.45, 2.75) is 38.5 Å². The second-order valence-electron chi connectivity index (χ2n) is 6.72. The van der Waals surface area contributed by atoms with Crippen LogP contribution in [0.15, 0.2) is 48.5 Å². The number of aromatic hydroxyl groups is 1. The summed E-state index contributed by atoms with van der Waals surface area (Å²) in [5.74, 6) is 0.682. The van der Waals surface area contributed by atoms with Crippen LogP contribution in [0.25, 0.3) is 0 Å². The maximum absolute atomic E-state index is 10.4. The summed E-state index contributed by atoms with van der Waals surface area (Å²) in [5.41, 5.74) is 3.57. The fraction of sp³-hybridized carbons (Fsp3) is 0.429. The Labute approximate surface area is 139 Å². The van der Waals surface area contributed by atoms with Gasteiger partial charge in [-0.05, 0) is 57.5 Å². The fourth-order valence-electron chi connectivity index (χ4n) is 3.63. The quantitative estimate of drug-likeness (QED) is 0.864. The molecule has 1 fully saturated rings. The second-order valence-corrected chi connectivity index (χ2v) is 6.72. The number of piperidine rings is 1. The average Bonchev–Trinajstić information content (AvgIpc) is 2.60. The molecule has 1 atom stereocenters. The Kier molecular flexibility index (Phi) is 5.35. The third-order valence-electron chi connectivity index (χ3n) is 4.94. The molecule has 0 radical (unpaired) electrons. The molecule has 1 saturated heterocycles. The summed E-state index contributed by atoms with van der Waals surface area (Å²) in [5, 5.41) is 10.4. The molecule has 1 aliphatic heterocycles. The molecular formula is C21H27NO. The third-order valence-corrected chi connectivity index (χ3v) is 4.94. The molecule has 3 rings (SSSR count). The Morgan fingerprint density at radius 1 is 1.00 bits per heavy atom. The van der Waals surface area contributed by atoms with Crippen LogP contribution in [-0.4, -0.2) is 29.6 Å². The van der Waals surface area contributed by atoms with Gasteiger partial charge in [-0.25, -0.2) is 0 Å². The van der Waals surface area contributed by atoms with Crippen molar-refractivity contribution in [2.75, 3.05) is 19.6 Å². The Balaban J connectivity index is 1.83. The van der Waals surface area contributed by atoms with E-state index in [2.05, 4.69) is 48.2 Å². The van der Waals surface area contributed by atoms with Gasteiger partial charge in [0, 0.05) is 11.5 Å². The molecule has 2 aromatic rings. The van der Waals surface area contributed by atoms with E-state index in [4.69, 9.17) is 0 Å². The predicted molar refractivity (Wildman–Crippen MR) is 96.0 cm³/mol. The minimum absolute atomic E-state index is 0.262. The number of aryl methyl sites for hydroxylation is 1. The molecule has 0 aromatic heterocycles. The molecule has 23 heavy (non-hydrogen) atoms. The van der Waals surface area contributed by atoms with Crippen molar-refractivity contribution in [2.24, 2.45) is 0 Å². The van der Waals surface area contributed by atoms with E-state index in [9.17, 15) is 5.11 Å². The van der Waals surface area contributed by atoms with Gasteiger partial charge in [0.2, 0.25) is 0 Å². The topological polar surface area (TPSA) is 23.5 Å². The summed E-state index contributed by atoms with van der Waals surface area (Å²) in [7, 11) is 0. The molecule has 2 aromatic carbocycles. The van der Waals surface area contributed by atoms with Crippen LogP contribution in [0.4, 0.5) is 0 Å². The highest BCUT2D eigenvalue weighted by molar-refractivity contribution is 5.43. The largest absolute Gasteiger partial charge is 0.508 e. The molecule has 0 amide bonds. The molecule has 2 nitrogen and oxygen atoms in total. The standard InChI is InChI=1S/C21H27NO/c1-17-10-11-21(23)20(16-17)19(18-8-4-2-5-9-18)12-15-22-13-6-3-7-14-22/h2,4-5,8-11,16,19,23H,3,6-7,12-15H2,1H3. The molecular weight excluding hydrogens is 282 g/mol. The van der Waals surface area contributed by atoms with Gasteiger partial charge >= 0.3 is 0 Å². The van der Waals surface area contributed by atoms with Crippen molar-refractivity contribution >= 4 is 0 Å². The van der Waals surface area contributed by atoms with Gasteiger partial charge in [-0.1, -0.05) is 54.4 Å². The zero-order chi connectivity index (χ0) is 16.1. The highest BCUT2D eigenvalue weighted by Crippen LogP contribution is 2.34. The summed E-state index contributed by atoms with van der Waals surface area (Å²) < 4.78 is 0. The van der Waals surface area contributed by atoms with E-state index in [1.807, 2.05) is 12.1 Å². The Bertz CT molecular complexity index is 617. The van der Waals surface area contributed by atoms with E-state index >= 15 is 0 Å². The lowest BCUT2D eigenvalue weighted by atomic mass is 9.87. The smallest absolute Gasteiger partial charge is 0.119 e. The van der Waals surface area contributed by atoms with E-state index in [1.54, 1.807) is 0 Å². The molecule has 1 aliphatic rings. The Morgan fingerprint density at radius 3 is 2.48 bits per heavy atom. The highest BCUT2D eigenvalue weighted by atomic mass is 16.3. The summed E-state index contributed by atoms with van der Waals surface area (Å²) in [6, 6.07) is 16.6. The Morgan fingerprint density at radius 2 is 1.74 bits per heavy atom. The zero-order valence-electron chi connectivity index (χ0n) is 14.0. The van der Waals surface area contributed by atoms with E-state index in [-0.39, 0.29) is 5.92 Å². The predicted octanol–water partition coefficient (Wildman–Crippen LogP) is 4.71. The maximum atomic E-state index is 10.4. The number of phenolic OH excluding ortho intramolecular Hbond substituents is 1. The molecule has 1 N–H and O–H groups in total. The molecule has 0 aliphatic carbocycles. The van der Waals surface area contributed by atoms with Crippen molar-refractivity contribution in [3.05, 3.63) is 65.2 Å². The average molecular weight is 309 g/mol. The lowest BCUT2D eigenvalue weighted by molar-refractivity contribution is 0.223. The van der Waals surface area contributed by atoms with Crippen LogP contribution >= 0.6 is 0 Å². The first-order valence-corrected chi connectivity index (χ1v) is 8.81. The monoisotopic (exact) mass is 309 g/mol. The fourth-order valence-corrected chi connectivity index (χ4v) is 3.63. The van der Waals surface area contributed by atoms with Gasteiger partial charge in [-0.15, -0.1) is 0 Å². The van der Waals surface area contributed by atoms with Gasteiger partial charge in [0.1, 0.15) is 5.75 Å². The summed E-state index contributed by atoms with van der Waals surface area (Å²) in [6.45, 7) is 5.64. The summed E-state index contributed by atoms with van der Waals surface area (Å²) in [6.07, 6.45) is 5.08. The van der Waals surface area contributed by atoms with E-state index in [1.165, 1.54) is 43.5 Å². The molecule has 2 heteroatoms. The first kappa shape index (κ1) is 16.1. The zero-order valence-corrected chi connectivity index (χ0v) is 14.0. The van der Waals surface area contributed by atoms with Crippen LogP contribution in [0.5, 0.6) is 5.75 Å². The van der Waals surface area contributed by atoms with Gasteiger partial charge in [-0.3, -0.25) is 0 Å². The van der Waals surface area contributed by atoms with Gasteiger partial charge in [0.05, 0.1) is 0 Å². The lowest BCUT2D eigenvalue weighted by Gasteiger charge is -2.29. The molecule has 0 saturated carbocycles. The van der Waals surface area contributed by atoms with Crippen molar-refractivity contribution < 1.29 is 5.11 Å². The van der Waals surface area contributed by atoms with Crippen LogP contribution in [-0.2, 0) is 0 Å². The number of hydrogen-bond donors (Lipinski definition) is 1. The number of phenols is 1. The van der Waals surface area contributed by atoms with E-state index < -0.39 is 0 Å². The molecule has 0 spiro atoms. The van der Waals surface area contributed by atoms with Crippen LogP contribution < -0.4 is 0 Å². The highest BCUT2D eigenvalue weighted by Gasteiger charge is 2.20. The molecule has 122 valence electrons. The molecule has 1 unspecified atom stereocenters. The summed E-state index contributed by atoms with van der Waals surface area (Å²) >= 11 is 0. The Hall–Kier alpha value is -1.80. The molecule has 1 heterocycles. The number of benzene rings is 2. The number of likely N-dealkylation sites (tertiary alicyclic amines) is 1. The van der Waals surface area contributed by atoms with Gasteiger partial charge in [0.15, 0.2) is 0 Å². The minimum Gasteiger partial charge on any atom is -0.508 e.